The second kappa shape index (κ2) is 9.70. The number of rotatable bonds is 9. The normalized spacial score (nSPS) is 13.4. The highest BCUT2D eigenvalue weighted by Crippen LogP contribution is 1.87. The summed E-state index contributed by atoms with van der Waals surface area (Å²) in [5, 5.41) is 16.0. The number of unbranched alkanes of at least 4 members (excludes halogenated alkanes) is 1. The number of hydrogen-bond donors (Lipinski definition) is 5. The molecule has 0 bridgehead atoms. The summed E-state index contributed by atoms with van der Waals surface area (Å²) in [6, 6.07) is 0. The third kappa shape index (κ3) is 6.21. The lowest BCUT2D eigenvalue weighted by Gasteiger charge is -2.14. The SMILES string of the molecule is CCCCNC(=O)C1=NNC(C(=O)NCCCNC)=NN1. The number of carbonyl (C=O) groups excluding carboxylic acids is 2. The number of carbonyl (C=O) groups is 2. The Morgan fingerprint density at radius 1 is 0.952 bits per heavy atom. The van der Waals surface area contributed by atoms with Gasteiger partial charge in [-0.15, -0.1) is 10.2 Å². The molecular weight excluding hydrogens is 274 g/mol. The van der Waals surface area contributed by atoms with Crippen molar-refractivity contribution in [2.24, 2.45) is 10.2 Å². The van der Waals surface area contributed by atoms with Crippen LogP contribution in [0.1, 0.15) is 26.2 Å². The summed E-state index contributed by atoms with van der Waals surface area (Å²) >= 11 is 0. The first kappa shape index (κ1) is 16.9. The molecule has 9 heteroatoms. The van der Waals surface area contributed by atoms with Crippen LogP contribution in [0.5, 0.6) is 0 Å². The number of hydrogen-bond acceptors (Lipinski definition) is 7. The van der Waals surface area contributed by atoms with Gasteiger partial charge in [-0.05, 0) is 26.4 Å². The molecule has 1 aliphatic rings. The number of nitrogens with one attached hydrogen (secondary N) is 5. The van der Waals surface area contributed by atoms with Crippen LogP contribution in [-0.2, 0) is 9.59 Å². The maximum absolute atomic E-state index is 11.7. The Morgan fingerprint density at radius 2 is 1.48 bits per heavy atom. The van der Waals surface area contributed by atoms with Crippen molar-refractivity contribution in [2.75, 3.05) is 26.7 Å². The van der Waals surface area contributed by atoms with Gasteiger partial charge in [-0.1, -0.05) is 13.3 Å². The Kier molecular flexibility index (Phi) is 7.80. The van der Waals surface area contributed by atoms with Crippen LogP contribution in [0.25, 0.3) is 0 Å². The third-order valence-electron chi connectivity index (χ3n) is 2.68. The summed E-state index contributed by atoms with van der Waals surface area (Å²) in [6.45, 7) is 3.97. The van der Waals surface area contributed by atoms with E-state index in [1.165, 1.54) is 0 Å². The lowest BCUT2D eigenvalue weighted by molar-refractivity contribution is -0.116. The first-order valence-corrected chi connectivity index (χ1v) is 7.07. The fourth-order valence-corrected chi connectivity index (χ4v) is 1.48. The van der Waals surface area contributed by atoms with Gasteiger partial charge < -0.3 is 16.0 Å². The summed E-state index contributed by atoms with van der Waals surface area (Å²) in [5.41, 5.74) is 4.94. The van der Waals surface area contributed by atoms with Crippen molar-refractivity contribution < 1.29 is 9.59 Å². The molecule has 0 unspecified atom stereocenters. The molecular formula is C12H23N7O2. The minimum atomic E-state index is -0.368. The molecule has 21 heavy (non-hydrogen) atoms. The maximum Gasteiger partial charge on any atom is 0.290 e. The second-order valence-corrected chi connectivity index (χ2v) is 4.47. The van der Waals surface area contributed by atoms with Crippen molar-refractivity contribution in [1.29, 1.82) is 0 Å². The zero-order valence-electron chi connectivity index (χ0n) is 12.5. The summed E-state index contributed by atoms with van der Waals surface area (Å²) in [6.07, 6.45) is 2.71. The van der Waals surface area contributed by atoms with E-state index in [-0.39, 0.29) is 23.5 Å². The average Bonchev–Trinajstić information content (AvgIpc) is 2.51. The highest BCUT2D eigenvalue weighted by atomic mass is 16.2. The summed E-state index contributed by atoms with van der Waals surface area (Å²) < 4.78 is 0. The Labute approximate surface area is 124 Å². The van der Waals surface area contributed by atoms with Crippen molar-refractivity contribution in [3.05, 3.63) is 0 Å². The molecule has 0 aromatic carbocycles. The molecule has 0 aromatic heterocycles. The largest absolute Gasteiger partial charge is 0.349 e. The lowest BCUT2D eigenvalue weighted by atomic mass is 10.3. The van der Waals surface area contributed by atoms with Gasteiger partial charge in [0, 0.05) is 13.1 Å². The molecule has 5 N–H and O–H groups in total. The van der Waals surface area contributed by atoms with Gasteiger partial charge >= 0.3 is 0 Å². The van der Waals surface area contributed by atoms with Gasteiger partial charge in [-0.2, -0.15) is 0 Å². The highest BCUT2D eigenvalue weighted by Gasteiger charge is 2.18. The molecule has 1 rings (SSSR count). The van der Waals surface area contributed by atoms with E-state index in [1.807, 2.05) is 14.0 Å². The van der Waals surface area contributed by atoms with Crippen LogP contribution in [0.3, 0.4) is 0 Å². The second-order valence-electron chi connectivity index (χ2n) is 4.47. The Hall–Kier alpha value is -2.16. The van der Waals surface area contributed by atoms with Crippen LogP contribution < -0.4 is 26.8 Å². The third-order valence-corrected chi connectivity index (χ3v) is 2.68. The van der Waals surface area contributed by atoms with E-state index in [9.17, 15) is 9.59 Å². The van der Waals surface area contributed by atoms with Gasteiger partial charge in [0.1, 0.15) is 0 Å². The van der Waals surface area contributed by atoms with Crippen molar-refractivity contribution in [2.45, 2.75) is 26.2 Å². The van der Waals surface area contributed by atoms with Gasteiger partial charge in [-0.3, -0.25) is 20.4 Å². The number of hydrazone groups is 2. The Morgan fingerprint density at radius 3 is 1.90 bits per heavy atom. The van der Waals surface area contributed by atoms with Crippen molar-refractivity contribution in [3.8, 4) is 0 Å². The van der Waals surface area contributed by atoms with Crippen LogP contribution in [0.15, 0.2) is 10.2 Å². The van der Waals surface area contributed by atoms with Crippen LogP contribution in [0.2, 0.25) is 0 Å². The van der Waals surface area contributed by atoms with Gasteiger partial charge in [0.05, 0.1) is 0 Å². The first-order chi connectivity index (χ1) is 10.2. The minimum Gasteiger partial charge on any atom is -0.349 e. The van der Waals surface area contributed by atoms with Crippen molar-refractivity contribution in [1.82, 2.24) is 26.8 Å². The molecule has 9 nitrogen and oxygen atoms in total. The van der Waals surface area contributed by atoms with E-state index >= 15 is 0 Å². The summed E-state index contributed by atoms with van der Waals surface area (Å²) in [7, 11) is 1.85. The lowest BCUT2D eigenvalue weighted by Crippen LogP contribution is -2.48. The zero-order valence-corrected chi connectivity index (χ0v) is 12.5. The molecule has 0 radical (unpaired) electrons. The van der Waals surface area contributed by atoms with Crippen LogP contribution in [-0.4, -0.2) is 50.2 Å². The predicted molar refractivity (Wildman–Crippen MR) is 80.6 cm³/mol. The fourth-order valence-electron chi connectivity index (χ4n) is 1.48. The highest BCUT2D eigenvalue weighted by molar-refractivity contribution is 6.42. The van der Waals surface area contributed by atoms with Crippen LogP contribution >= 0.6 is 0 Å². The van der Waals surface area contributed by atoms with Gasteiger partial charge in [0.25, 0.3) is 11.8 Å². The van der Waals surface area contributed by atoms with E-state index in [2.05, 4.69) is 37.0 Å². The Bertz CT molecular complexity index is 420. The molecule has 0 spiro atoms. The van der Waals surface area contributed by atoms with Gasteiger partial charge in [0.15, 0.2) is 0 Å². The molecule has 2 amide bonds. The summed E-state index contributed by atoms with van der Waals surface area (Å²) in [5.74, 6) is -0.650. The van der Waals surface area contributed by atoms with Gasteiger partial charge in [0.2, 0.25) is 11.7 Å². The quantitative estimate of drug-likeness (QED) is 0.330. The first-order valence-electron chi connectivity index (χ1n) is 7.07. The van der Waals surface area contributed by atoms with E-state index in [0.717, 1.165) is 25.8 Å². The number of amidine groups is 2. The van der Waals surface area contributed by atoms with E-state index < -0.39 is 0 Å². The Balaban J connectivity index is 2.31. The molecule has 118 valence electrons. The fraction of sp³-hybridized carbons (Fsp3) is 0.667. The smallest absolute Gasteiger partial charge is 0.290 e. The molecule has 0 atom stereocenters. The number of amides is 2. The molecule has 0 aliphatic carbocycles. The topological polar surface area (TPSA) is 119 Å². The molecule has 1 aliphatic heterocycles. The monoisotopic (exact) mass is 297 g/mol. The predicted octanol–water partition coefficient (Wildman–Crippen LogP) is -1.55. The van der Waals surface area contributed by atoms with E-state index in [0.29, 0.717) is 13.1 Å². The summed E-state index contributed by atoms with van der Waals surface area (Å²) in [4.78, 5) is 23.4. The molecule has 0 aromatic rings. The molecule has 0 saturated heterocycles. The minimum absolute atomic E-state index is 0.0320. The molecule has 0 saturated carbocycles. The van der Waals surface area contributed by atoms with Gasteiger partial charge in [-0.25, -0.2) is 0 Å². The number of nitrogens with zero attached hydrogens (tertiary/aromatic N) is 2. The van der Waals surface area contributed by atoms with E-state index in [1.54, 1.807) is 0 Å². The average molecular weight is 297 g/mol. The van der Waals surface area contributed by atoms with Crippen molar-refractivity contribution in [3.63, 3.8) is 0 Å². The van der Waals surface area contributed by atoms with Crippen LogP contribution in [0.4, 0.5) is 0 Å². The molecule has 1 heterocycles. The van der Waals surface area contributed by atoms with Crippen LogP contribution in [0, 0.1) is 0 Å². The van der Waals surface area contributed by atoms with E-state index in [4.69, 9.17) is 0 Å². The molecule has 0 fully saturated rings. The zero-order chi connectivity index (χ0) is 15.5. The van der Waals surface area contributed by atoms with Crippen molar-refractivity contribution >= 4 is 23.5 Å². The maximum atomic E-state index is 11.7. The standard InChI is InChI=1S/C12H23N7O2/c1-3-4-7-14-11(20)9-16-18-10(19-17-9)12(21)15-8-5-6-13-2/h13H,3-8H2,1-2H3,(H,14,20)(H,15,21)(H,16,17)(H,18,19).